The van der Waals surface area contributed by atoms with Crippen molar-refractivity contribution in [3.05, 3.63) is 120 Å². The topological polar surface area (TPSA) is 204 Å². The van der Waals surface area contributed by atoms with Crippen molar-refractivity contribution >= 4 is 43.4 Å². The van der Waals surface area contributed by atoms with Crippen molar-refractivity contribution in [1.29, 1.82) is 0 Å². The lowest BCUT2D eigenvalue weighted by atomic mass is 9.94. The van der Waals surface area contributed by atoms with Gasteiger partial charge in [-0.05, 0) is 74.5 Å². The number of phenolic OH excluding ortho intramolecular Hbond substituents is 2. The summed E-state index contributed by atoms with van der Waals surface area (Å²) in [6.07, 6.45) is -0.395. The van der Waals surface area contributed by atoms with Gasteiger partial charge in [-0.2, -0.15) is 0 Å². The van der Waals surface area contributed by atoms with Crippen molar-refractivity contribution in [2.45, 2.75) is 35.8 Å². The average Bonchev–Trinajstić information content (AvgIpc) is 3.12. The molecule has 0 heterocycles. The minimum absolute atomic E-state index is 0.0106. The van der Waals surface area contributed by atoms with E-state index in [2.05, 4.69) is 9.44 Å². The van der Waals surface area contributed by atoms with E-state index in [4.69, 9.17) is 18.9 Å². The molecule has 2 atom stereocenters. The van der Waals surface area contributed by atoms with Crippen LogP contribution in [0.15, 0.2) is 130 Å². The summed E-state index contributed by atoms with van der Waals surface area (Å²) in [6, 6.07) is 22.5. The van der Waals surface area contributed by atoms with Gasteiger partial charge in [0.25, 0.3) is 20.0 Å². The van der Waals surface area contributed by atoms with Crippen LogP contribution in [0.4, 0.5) is 11.4 Å². The number of aromatic hydroxyl groups is 2. The summed E-state index contributed by atoms with van der Waals surface area (Å²) in [5.74, 6) is -3.12. The fraction of sp³-hybridized carbons (Fsp3) is 0.167. The maximum absolute atomic E-state index is 13.3. The number of nitrogens with one attached hydrogen (secondary N) is 2. The molecule has 0 bridgehead atoms. The van der Waals surface area contributed by atoms with Gasteiger partial charge >= 0.3 is 11.9 Å². The predicted octanol–water partition coefficient (Wildman–Crippen LogP) is 4.89. The predicted molar refractivity (Wildman–Crippen MR) is 189 cm³/mol. The van der Waals surface area contributed by atoms with E-state index in [1.165, 1.54) is 72.8 Å². The lowest BCUT2D eigenvalue weighted by Gasteiger charge is -2.28. The molecule has 2 unspecified atom stereocenters. The Morgan fingerprint density at radius 2 is 0.962 bits per heavy atom. The van der Waals surface area contributed by atoms with E-state index in [0.717, 1.165) is 0 Å². The highest BCUT2D eigenvalue weighted by molar-refractivity contribution is 7.93. The zero-order valence-corrected chi connectivity index (χ0v) is 29.4. The highest BCUT2D eigenvalue weighted by Gasteiger charge is 2.36. The highest BCUT2D eigenvalue weighted by Crippen LogP contribution is 2.37. The van der Waals surface area contributed by atoms with Gasteiger partial charge < -0.3 is 29.2 Å². The summed E-state index contributed by atoms with van der Waals surface area (Å²) in [4.78, 5) is 26.5. The number of ether oxygens (including phenoxy) is 4. The Balaban J connectivity index is 1.48. The molecular weight excluding hydrogens is 717 g/mol. The molecule has 4 N–H and O–H groups in total. The number of esters is 2. The van der Waals surface area contributed by atoms with Gasteiger partial charge in [0.1, 0.15) is 12.2 Å². The standard InChI is InChI=1S/C36H34N2O12S2/c1-3-47-35(41)27-21-32(50-34-20-24(16-18-30(34)40)38-52(45,46)26-13-9-6-10-14-26)28(36(42)48-4-2)22-31(27)49-33-19-23(15-17-29(33)39)37-51(43,44)25-11-7-5-8-12-25/h5-22,31-32,37-40H,3-4H2,1-2H3. The number of sulfonamides is 2. The summed E-state index contributed by atoms with van der Waals surface area (Å²) >= 11 is 0. The number of anilines is 2. The number of rotatable bonds is 14. The minimum atomic E-state index is -4.02. The molecule has 0 saturated carbocycles. The van der Waals surface area contributed by atoms with Crippen molar-refractivity contribution in [2.24, 2.45) is 0 Å². The lowest BCUT2D eigenvalue weighted by molar-refractivity contribution is -0.141. The Labute approximate surface area is 300 Å². The average molecular weight is 751 g/mol. The van der Waals surface area contributed by atoms with Crippen LogP contribution in [-0.2, 0) is 39.1 Å². The SMILES string of the molecule is CCOC(=O)C1=CC(Oc2cc(NS(=O)(=O)c3ccccc3)ccc2O)C(C(=O)OCC)=CC1Oc1cc(NS(=O)(=O)c2ccccc2)ccc1O. The van der Waals surface area contributed by atoms with Gasteiger partial charge in [-0.25, -0.2) is 26.4 Å². The fourth-order valence-corrected chi connectivity index (χ4v) is 7.07. The Bertz CT molecular complexity index is 2060. The number of hydrogen-bond donors (Lipinski definition) is 4. The molecule has 4 aromatic rings. The van der Waals surface area contributed by atoms with Crippen molar-refractivity contribution in [2.75, 3.05) is 22.7 Å². The Hall–Kier alpha value is -6.00. The second kappa shape index (κ2) is 15.9. The van der Waals surface area contributed by atoms with Crippen LogP contribution in [-0.4, -0.2) is 64.4 Å². The first kappa shape index (κ1) is 37.3. The molecule has 0 amide bonds. The molecule has 0 aliphatic heterocycles. The summed E-state index contributed by atoms with van der Waals surface area (Å²) in [5, 5.41) is 21.3. The van der Waals surface area contributed by atoms with Gasteiger partial charge in [-0.15, -0.1) is 0 Å². The minimum Gasteiger partial charge on any atom is -0.504 e. The summed E-state index contributed by atoms with van der Waals surface area (Å²) in [6.45, 7) is 3.04. The number of carbonyl (C=O) groups is 2. The number of hydrogen-bond acceptors (Lipinski definition) is 12. The van der Waals surface area contributed by atoms with Crippen molar-refractivity contribution in [1.82, 2.24) is 0 Å². The van der Waals surface area contributed by atoms with Crippen LogP contribution in [0.25, 0.3) is 0 Å². The van der Waals surface area contributed by atoms with Gasteiger partial charge in [-0.3, -0.25) is 9.44 Å². The van der Waals surface area contributed by atoms with Crippen LogP contribution in [0.5, 0.6) is 23.0 Å². The molecule has 0 fully saturated rings. The van der Waals surface area contributed by atoms with E-state index in [1.54, 1.807) is 50.2 Å². The maximum atomic E-state index is 13.3. The number of carbonyl (C=O) groups excluding carboxylic acids is 2. The van der Waals surface area contributed by atoms with Crippen molar-refractivity contribution in [3.63, 3.8) is 0 Å². The molecule has 0 saturated heterocycles. The van der Waals surface area contributed by atoms with Gasteiger partial charge in [0.05, 0.1) is 45.5 Å². The van der Waals surface area contributed by atoms with Crippen LogP contribution >= 0.6 is 0 Å². The van der Waals surface area contributed by atoms with Gasteiger partial charge in [0.15, 0.2) is 23.0 Å². The molecule has 0 aromatic heterocycles. The molecular formula is C36H34N2O12S2. The Morgan fingerprint density at radius 3 is 1.31 bits per heavy atom. The van der Waals surface area contributed by atoms with E-state index in [9.17, 15) is 36.6 Å². The third-order valence-corrected chi connectivity index (χ3v) is 10.1. The maximum Gasteiger partial charge on any atom is 0.337 e. The number of phenols is 2. The van der Waals surface area contributed by atoms with E-state index < -0.39 is 55.7 Å². The van der Waals surface area contributed by atoms with Crippen LogP contribution in [0.2, 0.25) is 0 Å². The molecule has 52 heavy (non-hydrogen) atoms. The monoisotopic (exact) mass is 750 g/mol. The largest absolute Gasteiger partial charge is 0.504 e. The summed E-state index contributed by atoms with van der Waals surface area (Å²) < 4.78 is 79.0. The first-order chi connectivity index (χ1) is 24.8. The molecule has 1 aliphatic carbocycles. The molecule has 14 nitrogen and oxygen atoms in total. The van der Waals surface area contributed by atoms with Crippen LogP contribution < -0.4 is 18.9 Å². The molecule has 16 heteroatoms. The van der Waals surface area contributed by atoms with Gasteiger partial charge in [0.2, 0.25) is 0 Å². The molecule has 4 aromatic carbocycles. The van der Waals surface area contributed by atoms with E-state index in [0.29, 0.717) is 0 Å². The molecule has 0 spiro atoms. The van der Waals surface area contributed by atoms with Crippen LogP contribution in [0, 0.1) is 0 Å². The molecule has 272 valence electrons. The summed E-state index contributed by atoms with van der Waals surface area (Å²) in [5.41, 5.74) is -0.337. The molecule has 0 radical (unpaired) electrons. The number of benzene rings is 4. The van der Waals surface area contributed by atoms with Crippen molar-refractivity contribution in [3.8, 4) is 23.0 Å². The second-order valence-electron chi connectivity index (χ2n) is 11.0. The zero-order chi connectivity index (χ0) is 37.5. The van der Waals surface area contributed by atoms with Gasteiger partial charge in [-0.1, -0.05) is 36.4 Å². The first-order valence-electron chi connectivity index (χ1n) is 15.7. The third-order valence-electron chi connectivity index (χ3n) is 7.34. The Morgan fingerprint density at radius 1 is 0.596 bits per heavy atom. The van der Waals surface area contributed by atoms with E-state index >= 15 is 0 Å². The zero-order valence-electron chi connectivity index (χ0n) is 27.8. The smallest absolute Gasteiger partial charge is 0.337 e. The summed E-state index contributed by atoms with van der Waals surface area (Å²) in [7, 11) is -8.05. The highest BCUT2D eigenvalue weighted by atomic mass is 32.2. The third kappa shape index (κ3) is 8.83. The molecule has 5 rings (SSSR count). The van der Waals surface area contributed by atoms with Crippen LogP contribution in [0.3, 0.4) is 0 Å². The van der Waals surface area contributed by atoms with Gasteiger partial charge in [0, 0.05) is 12.1 Å². The lowest BCUT2D eigenvalue weighted by Crippen LogP contribution is -2.35. The first-order valence-corrected chi connectivity index (χ1v) is 18.7. The Kier molecular flexibility index (Phi) is 11.4. The van der Waals surface area contributed by atoms with Crippen molar-refractivity contribution < 1.29 is 55.6 Å². The molecule has 1 aliphatic rings. The quantitative estimate of drug-likeness (QED) is 0.101. The fourth-order valence-electron chi connectivity index (χ4n) is 4.93. The van der Waals surface area contributed by atoms with E-state index in [1.807, 2.05) is 0 Å². The van der Waals surface area contributed by atoms with Crippen LogP contribution in [0.1, 0.15) is 13.8 Å². The second-order valence-corrected chi connectivity index (χ2v) is 14.3. The normalized spacial score (nSPS) is 15.7. The van der Waals surface area contributed by atoms with E-state index in [-0.39, 0.29) is 57.0 Å².